The van der Waals surface area contributed by atoms with E-state index in [1.165, 1.54) is 51.6 Å². The fourth-order valence-corrected chi connectivity index (χ4v) is 4.50. The monoisotopic (exact) mass is 363 g/mol. The Labute approximate surface area is 162 Å². The lowest BCUT2D eigenvalue weighted by atomic mass is 9.81. The molecule has 1 aromatic carbocycles. The van der Waals surface area contributed by atoms with Crippen LogP contribution in [0.2, 0.25) is 0 Å². The third-order valence-corrected chi connectivity index (χ3v) is 6.45. The van der Waals surface area contributed by atoms with Gasteiger partial charge in [0.25, 0.3) is 0 Å². The molecule has 1 aromatic heterocycles. The zero-order valence-electron chi connectivity index (χ0n) is 16.4. The maximum Gasteiger partial charge on any atom is 0.188 e. The Morgan fingerprint density at radius 1 is 1.11 bits per heavy atom. The molecular weight excluding hydrogens is 334 g/mol. The molecule has 1 aliphatic carbocycles. The number of anilines is 1. The molecule has 142 valence electrons. The summed E-state index contributed by atoms with van der Waals surface area (Å²) in [5.41, 5.74) is 2.05. The van der Waals surface area contributed by atoms with Crippen LogP contribution in [0.3, 0.4) is 0 Å². The number of benzene rings is 1. The highest BCUT2D eigenvalue weighted by atomic mass is 15.2. The van der Waals surface area contributed by atoms with Gasteiger partial charge in [0.1, 0.15) is 12.1 Å². The molecule has 5 nitrogen and oxygen atoms in total. The molecule has 1 aliphatic heterocycles. The number of nitrogens with one attached hydrogen (secondary N) is 1. The number of piperidine rings is 1. The molecule has 2 heterocycles. The van der Waals surface area contributed by atoms with Gasteiger partial charge >= 0.3 is 0 Å². The van der Waals surface area contributed by atoms with E-state index in [2.05, 4.69) is 38.9 Å². The van der Waals surface area contributed by atoms with Gasteiger partial charge in [-0.2, -0.15) is 0 Å². The summed E-state index contributed by atoms with van der Waals surface area (Å²) in [4.78, 5) is 15.1. The lowest BCUT2D eigenvalue weighted by molar-refractivity contribution is 0.0747. The molecule has 4 rings (SSSR count). The molecule has 0 radical (unpaired) electrons. The second-order valence-electron chi connectivity index (χ2n) is 8.89. The van der Waals surface area contributed by atoms with Crippen molar-refractivity contribution >= 4 is 22.4 Å². The Morgan fingerprint density at radius 2 is 1.85 bits per heavy atom. The molecule has 0 unspecified atom stereocenters. The van der Waals surface area contributed by atoms with Gasteiger partial charge in [-0.05, 0) is 69.2 Å². The minimum Gasteiger partial charge on any atom is -0.367 e. The first kappa shape index (κ1) is 18.2. The average Bonchev–Trinajstić information content (AvgIpc) is 2.69. The van der Waals surface area contributed by atoms with E-state index in [0.717, 1.165) is 22.8 Å². The number of fused-ring (bicyclic) bond motifs is 1. The smallest absolute Gasteiger partial charge is 0.188 e. The van der Waals surface area contributed by atoms with Crippen LogP contribution in [0.15, 0.2) is 24.5 Å². The molecule has 2 fully saturated rings. The molecule has 1 N–H and O–H groups in total. The van der Waals surface area contributed by atoms with E-state index in [1.54, 1.807) is 6.33 Å². The van der Waals surface area contributed by atoms with Gasteiger partial charge in [-0.25, -0.2) is 14.8 Å². The predicted molar refractivity (Wildman–Crippen MR) is 110 cm³/mol. The van der Waals surface area contributed by atoms with Gasteiger partial charge in [-0.1, -0.05) is 19.9 Å². The molecule has 0 bridgehead atoms. The zero-order chi connectivity index (χ0) is 18.9. The van der Waals surface area contributed by atoms with E-state index >= 15 is 0 Å². The lowest BCUT2D eigenvalue weighted by Crippen LogP contribution is -2.46. The highest BCUT2D eigenvalue weighted by Gasteiger charge is 2.31. The molecule has 0 spiro atoms. The van der Waals surface area contributed by atoms with E-state index in [-0.39, 0.29) is 0 Å². The summed E-state index contributed by atoms with van der Waals surface area (Å²) in [6.07, 6.45) is 9.13. The topological polar surface area (TPSA) is 45.4 Å². The Kier molecular flexibility index (Phi) is 5.01. The normalized spacial score (nSPS) is 25.8. The molecule has 2 aliphatic rings. The van der Waals surface area contributed by atoms with Crippen LogP contribution >= 0.6 is 0 Å². The van der Waals surface area contributed by atoms with Gasteiger partial charge in [0.2, 0.25) is 0 Å². The van der Waals surface area contributed by atoms with Gasteiger partial charge in [-0.3, -0.25) is 0 Å². The Bertz CT molecular complexity index is 835. The van der Waals surface area contributed by atoms with Crippen molar-refractivity contribution in [3.05, 3.63) is 35.9 Å². The molecule has 0 atom stereocenters. The van der Waals surface area contributed by atoms with Gasteiger partial charge in [0.15, 0.2) is 5.69 Å². The van der Waals surface area contributed by atoms with Crippen LogP contribution in [0.4, 0.5) is 11.5 Å². The average molecular weight is 364 g/mol. The zero-order valence-corrected chi connectivity index (χ0v) is 16.4. The SMILES string of the molecule is [C-]#[N+]c1ccc2ncnc(NC3CCC(N4CCC(C)(C)CC4)CC3)c2c1. The van der Waals surface area contributed by atoms with Crippen LogP contribution < -0.4 is 5.32 Å². The van der Waals surface area contributed by atoms with Gasteiger partial charge in [-0.15, -0.1) is 0 Å². The van der Waals surface area contributed by atoms with Crippen molar-refractivity contribution < 1.29 is 0 Å². The Balaban J connectivity index is 1.39. The van der Waals surface area contributed by atoms with Crippen molar-refractivity contribution in [2.75, 3.05) is 18.4 Å². The molecular formula is C22H29N5. The first-order chi connectivity index (χ1) is 13.0. The van der Waals surface area contributed by atoms with Gasteiger partial charge in [0.05, 0.1) is 12.1 Å². The summed E-state index contributed by atoms with van der Waals surface area (Å²) in [5.74, 6) is 0.869. The van der Waals surface area contributed by atoms with Crippen molar-refractivity contribution in [2.24, 2.45) is 5.41 Å². The van der Waals surface area contributed by atoms with Gasteiger partial charge < -0.3 is 10.2 Å². The first-order valence-electron chi connectivity index (χ1n) is 10.2. The second-order valence-corrected chi connectivity index (χ2v) is 8.89. The molecule has 27 heavy (non-hydrogen) atoms. The van der Waals surface area contributed by atoms with E-state index in [0.29, 0.717) is 17.1 Å². The molecule has 0 amide bonds. The third-order valence-electron chi connectivity index (χ3n) is 6.45. The molecule has 1 saturated heterocycles. The molecule has 2 aromatic rings. The van der Waals surface area contributed by atoms with Crippen molar-refractivity contribution in [1.29, 1.82) is 0 Å². The van der Waals surface area contributed by atoms with E-state index in [9.17, 15) is 0 Å². The largest absolute Gasteiger partial charge is 0.367 e. The number of likely N-dealkylation sites (tertiary alicyclic amines) is 1. The lowest BCUT2D eigenvalue weighted by Gasteiger charge is -2.43. The highest BCUT2D eigenvalue weighted by molar-refractivity contribution is 5.91. The van der Waals surface area contributed by atoms with Gasteiger partial charge in [0, 0.05) is 17.5 Å². The minimum atomic E-state index is 0.456. The van der Waals surface area contributed by atoms with Crippen LogP contribution in [-0.2, 0) is 0 Å². The number of hydrogen-bond acceptors (Lipinski definition) is 4. The second kappa shape index (κ2) is 7.44. The summed E-state index contributed by atoms with van der Waals surface area (Å²) < 4.78 is 0. The van der Waals surface area contributed by atoms with Crippen molar-refractivity contribution in [3.8, 4) is 0 Å². The predicted octanol–water partition coefficient (Wildman–Crippen LogP) is 5.03. The Hall–Kier alpha value is -2.19. The summed E-state index contributed by atoms with van der Waals surface area (Å²) in [6, 6.07) is 6.82. The quantitative estimate of drug-likeness (QED) is 0.777. The standard InChI is InChI=1S/C22H29N5/c1-22(2)10-12-27(13-11-22)18-7-4-16(5-8-18)26-21-19-14-17(23-3)6-9-20(19)24-15-25-21/h6,9,14-16,18H,4-5,7-8,10-13H2,1-2H3,(H,24,25,26). The fourth-order valence-electron chi connectivity index (χ4n) is 4.50. The number of nitrogens with zero attached hydrogens (tertiary/aromatic N) is 4. The Morgan fingerprint density at radius 3 is 2.56 bits per heavy atom. The third kappa shape index (κ3) is 4.06. The summed E-state index contributed by atoms with van der Waals surface area (Å²) in [5, 5.41) is 4.59. The van der Waals surface area contributed by atoms with Crippen LogP contribution in [0.25, 0.3) is 15.7 Å². The summed E-state index contributed by atoms with van der Waals surface area (Å²) in [6.45, 7) is 14.6. The number of aromatic nitrogens is 2. The highest BCUT2D eigenvalue weighted by Crippen LogP contribution is 2.34. The van der Waals surface area contributed by atoms with Crippen LogP contribution in [0.1, 0.15) is 52.4 Å². The van der Waals surface area contributed by atoms with Crippen LogP contribution in [-0.4, -0.2) is 40.0 Å². The number of rotatable bonds is 3. The van der Waals surface area contributed by atoms with E-state index in [4.69, 9.17) is 6.57 Å². The number of hydrogen-bond donors (Lipinski definition) is 1. The van der Waals surface area contributed by atoms with Crippen molar-refractivity contribution in [1.82, 2.24) is 14.9 Å². The maximum atomic E-state index is 7.25. The van der Waals surface area contributed by atoms with Crippen molar-refractivity contribution in [3.63, 3.8) is 0 Å². The summed E-state index contributed by atoms with van der Waals surface area (Å²) in [7, 11) is 0. The summed E-state index contributed by atoms with van der Waals surface area (Å²) >= 11 is 0. The van der Waals surface area contributed by atoms with E-state index in [1.807, 2.05) is 18.2 Å². The van der Waals surface area contributed by atoms with Crippen LogP contribution in [0, 0.1) is 12.0 Å². The van der Waals surface area contributed by atoms with Crippen molar-refractivity contribution in [2.45, 2.75) is 64.5 Å². The minimum absolute atomic E-state index is 0.456. The molecule has 5 heteroatoms. The van der Waals surface area contributed by atoms with E-state index < -0.39 is 0 Å². The fraction of sp³-hybridized carbons (Fsp3) is 0.591. The maximum absolute atomic E-state index is 7.25. The van der Waals surface area contributed by atoms with Crippen LogP contribution in [0.5, 0.6) is 0 Å². The first-order valence-corrected chi connectivity index (χ1v) is 10.2. The molecule has 1 saturated carbocycles.